The molecule has 13 nitrogen and oxygen atoms in total. The van der Waals surface area contributed by atoms with Gasteiger partial charge < -0.3 is 26.6 Å². The predicted molar refractivity (Wildman–Crippen MR) is 122 cm³/mol. The van der Waals surface area contributed by atoms with Crippen molar-refractivity contribution in [1.29, 1.82) is 0 Å². The summed E-state index contributed by atoms with van der Waals surface area (Å²) in [6.07, 6.45) is -1.41. The van der Waals surface area contributed by atoms with Crippen molar-refractivity contribution in [2.45, 2.75) is 36.3 Å². The predicted octanol–water partition coefficient (Wildman–Crippen LogP) is -1.08. The minimum absolute atomic E-state index is 0.129. The average molecular weight is 489 g/mol. The quantitative estimate of drug-likeness (QED) is 0.166. The summed E-state index contributed by atoms with van der Waals surface area (Å²) in [5, 5.41) is 22.7. The van der Waals surface area contributed by atoms with Crippen molar-refractivity contribution in [1.82, 2.24) is 30.3 Å². The molecule has 0 saturated carbocycles. The molecule has 180 valence electrons. The number of amides is 2. The van der Waals surface area contributed by atoms with Gasteiger partial charge in [0.05, 0.1) is 18.4 Å². The summed E-state index contributed by atoms with van der Waals surface area (Å²) in [7, 11) is 0. The molecule has 14 heteroatoms. The Morgan fingerprint density at radius 1 is 1.24 bits per heavy atom. The van der Waals surface area contributed by atoms with Crippen molar-refractivity contribution < 1.29 is 24.6 Å². The van der Waals surface area contributed by atoms with Gasteiger partial charge in [-0.2, -0.15) is 11.8 Å². The second kappa shape index (κ2) is 10.3. The first kappa shape index (κ1) is 23.8. The van der Waals surface area contributed by atoms with E-state index in [-0.39, 0.29) is 17.0 Å². The van der Waals surface area contributed by atoms with Crippen LogP contribution in [0.5, 0.6) is 0 Å². The molecule has 0 bridgehead atoms. The first-order valence-electron chi connectivity index (χ1n) is 10.3. The minimum atomic E-state index is -1.41. The normalized spacial score (nSPS) is 23.0. The van der Waals surface area contributed by atoms with Crippen LogP contribution in [-0.2, 0) is 20.1 Å². The Kier molecular flexibility index (Phi) is 7.23. The fraction of sp³-hybridized carbons (Fsp3) is 0.350. The number of fused-ring (bicyclic) bond motifs is 1. The van der Waals surface area contributed by atoms with Crippen LogP contribution < -0.4 is 22.3 Å². The number of nitrogens with one attached hydrogen (secondary N) is 2. The summed E-state index contributed by atoms with van der Waals surface area (Å²) in [5.41, 5.74) is 15.0. The molecule has 4 rings (SSSR count). The number of carbonyl (C=O) groups is 2. The average Bonchev–Trinajstić information content (AvgIpc) is 3.41. The fourth-order valence-electron chi connectivity index (χ4n) is 3.63. The maximum Gasteiger partial charge on any atom is 0.274 e. The van der Waals surface area contributed by atoms with Crippen molar-refractivity contribution in [3.05, 3.63) is 48.5 Å². The lowest BCUT2D eigenvalue weighted by molar-refractivity contribution is -0.144. The molecular weight excluding hydrogens is 464 g/mol. The Bertz CT molecular complexity index is 1160. The lowest BCUT2D eigenvalue weighted by Gasteiger charge is -2.22. The highest BCUT2D eigenvalue weighted by molar-refractivity contribution is 7.98. The summed E-state index contributed by atoms with van der Waals surface area (Å²) >= 11 is 1.48. The van der Waals surface area contributed by atoms with E-state index in [4.69, 9.17) is 21.4 Å². The Balaban J connectivity index is 1.46. The maximum atomic E-state index is 12.7. The molecule has 1 fully saturated rings. The Morgan fingerprint density at radius 3 is 2.74 bits per heavy atom. The van der Waals surface area contributed by atoms with E-state index < -0.39 is 42.3 Å². The van der Waals surface area contributed by atoms with Crippen molar-refractivity contribution in [3.63, 3.8) is 0 Å². The van der Waals surface area contributed by atoms with Gasteiger partial charge in [0.15, 0.2) is 23.8 Å². The number of aliphatic hydroxyl groups is 1. The zero-order valence-corrected chi connectivity index (χ0v) is 18.6. The van der Waals surface area contributed by atoms with E-state index in [9.17, 15) is 14.7 Å². The SMILES string of the molecule is Nc1ncnc2c1ncn2C1OC(C(=O)NO)C(NC(=O)C(N)CSCc2ccccc2)C1O. The number of aliphatic hydroxyl groups excluding tert-OH is 1. The molecule has 34 heavy (non-hydrogen) atoms. The second-order valence-electron chi connectivity index (χ2n) is 7.64. The van der Waals surface area contributed by atoms with E-state index >= 15 is 0 Å². The maximum absolute atomic E-state index is 12.7. The number of nitrogen functional groups attached to an aromatic ring is 1. The number of imidazole rings is 1. The molecule has 1 aromatic carbocycles. The molecule has 2 amide bonds. The lowest BCUT2D eigenvalue weighted by atomic mass is 10.1. The third-order valence-electron chi connectivity index (χ3n) is 5.36. The Hall–Kier alpha value is -3.30. The molecular formula is C20H24N8O5S. The van der Waals surface area contributed by atoms with E-state index in [2.05, 4.69) is 20.3 Å². The molecule has 1 saturated heterocycles. The van der Waals surface area contributed by atoms with Crippen LogP contribution in [-0.4, -0.2) is 71.7 Å². The van der Waals surface area contributed by atoms with Gasteiger partial charge in [0, 0.05) is 11.5 Å². The number of rotatable bonds is 8. The molecule has 5 unspecified atom stereocenters. The largest absolute Gasteiger partial charge is 0.386 e. The number of nitrogens with zero attached hydrogens (tertiary/aromatic N) is 4. The lowest BCUT2D eigenvalue weighted by Crippen LogP contribution is -2.55. The van der Waals surface area contributed by atoms with Crippen molar-refractivity contribution in [3.8, 4) is 0 Å². The van der Waals surface area contributed by atoms with Gasteiger partial charge in [-0.1, -0.05) is 30.3 Å². The highest BCUT2D eigenvalue weighted by atomic mass is 32.2. The number of ether oxygens (including phenoxy) is 1. The van der Waals surface area contributed by atoms with E-state index in [0.717, 1.165) is 5.56 Å². The number of anilines is 1. The Labute approximate surface area is 197 Å². The second-order valence-corrected chi connectivity index (χ2v) is 8.67. The third kappa shape index (κ3) is 4.80. The number of hydroxylamine groups is 1. The molecule has 1 aliphatic heterocycles. The molecule has 2 aromatic heterocycles. The molecule has 3 heterocycles. The highest BCUT2D eigenvalue weighted by Gasteiger charge is 2.49. The molecule has 5 atom stereocenters. The van der Waals surface area contributed by atoms with Crippen LogP contribution in [0.15, 0.2) is 43.0 Å². The monoisotopic (exact) mass is 488 g/mol. The van der Waals surface area contributed by atoms with Crippen LogP contribution in [0.1, 0.15) is 11.8 Å². The number of thioether (sulfide) groups is 1. The van der Waals surface area contributed by atoms with Gasteiger partial charge in [0.1, 0.15) is 17.9 Å². The van der Waals surface area contributed by atoms with Crippen LogP contribution in [0.25, 0.3) is 11.2 Å². The first-order valence-corrected chi connectivity index (χ1v) is 11.4. The first-order chi connectivity index (χ1) is 16.4. The molecule has 3 aromatic rings. The van der Waals surface area contributed by atoms with Gasteiger partial charge >= 0.3 is 0 Å². The molecule has 1 aliphatic rings. The van der Waals surface area contributed by atoms with E-state index in [0.29, 0.717) is 11.5 Å². The van der Waals surface area contributed by atoms with Crippen LogP contribution in [0.3, 0.4) is 0 Å². The van der Waals surface area contributed by atoms with Crippen molar-refractivity contribution in [2.75, 3.05) is 11.5 Å². The van der Waals surface area contributed by atoms with Crippen LogP contribution in [0.4, 0.5) is 5.82 Å². The summed E-state index contributed by atoms with van der Waals surface area (Å²) in [5.74, 6) is -0.408. The number of hydrogen-bond donors (Lipinski definition) is 6. The third-order valence-corrected chi connectivity index (χ3v) is 6.49. The van der Waals surface area contributed by atoms with Gasteiger partial charge in [-0.05, 0) is 5.56 Å². The molecule has 0 aliphatic carbocycles. The number of hydrogen-bond acceptors (Lipinski definition) is 11. The van der Waals surface area contributed by atoms with Gasteiger partial charge in [-0.25, -0.2) is 20.4 Å². The smallest absolute Gasteiger partial charge is 0.274 e. The van der Waals surface area contributed by atoms with Crippen molar-refractivity contribution in [2.24, 2.45) is 5.73 Å². The van der Waals surface area contributed by atoms with Gasteiger partial charge in [0.2, 0.25) is 5.91 Å². The number of nitrogens with two attached hydrogens (primary N) is 2. The number of benzene rings is 1. The van der Waals surface area contributed by atoms with Crippen molar-refractivity contribution >= 4 is 40.6 Å². The minimum Gasteiger partial charge on any atom is -0.386 e. The van der Waals surface area contributed by atoms with Crippen LogP contribution >= 0.6 is 11.8 Å². The molecule has 0 spiro atoms. The van der Waals surface area contributed by atoms with E-state index in [1.54, 1.807) is 0 Å². The molecule has 8 N–H and O–H groups in total. The summed E-state index contributed by atoms with van der Waals surface area (Å²) in [4.78, 5) is 37.0. The number of aromatic nitrogens is 4. The van der Waals surface area contributed by atoms with Gasteiger partial charge in [0.25, 0.3) is 5.91 Å². The molecule has 0 radical (unpaired) electrons. The topological polar surface area (TPSA) is 204 Å². The number of carbonyl (C=O) groups excluding carboxylic acids is 2. The van der Waals surface area contributed by atoms with Gasteiger partial charge in [-0.3, -0.25) is 19.4 Å². The Morgan fingerprint density at radius 2 is 2.00 bits per heavy atom. The van der Waals surface area contributed by atoms with E-state index in [1.807, 2.05) is 30.3 Å². The van der Waals surface area contributed by atoms with E-state index in [1.165, 1.54) is 34.5 Å². The summed E-state index contributed by atoms with van der Waals surface area (Å²) in [6.45, 7) is 0. The summed E-state index contributed by atoms with van der Waals surface area (Å²) in [6, 6.07) is 7.62. The van der Waals surface area contributed by atoms with Gasteiger partial charge in [-0.15, -0.1) is 0 Å². The van der Waals surface area contributed by atoms with Crippen LogP contribution in [0.2, 0.25) is 0 Å². The van der Waals surface area contributed by atoms with Crippen LogP contribution in [0, 0.1) is 0 Å². The fourth-order valence-corrected chi connectivity index (χ4v) is 4.58. The zero-order chi connectivity index (χ0) is 24.2. The zero-order valence-electron chi connectivity index (χ0n) is 17.8. The summed E-state index contributed by atoms with van der Waals surface area (Å²) < 4.78 is 7.06. The highest BCUT2D eigenvalue weighted by Crippen LogP contribution is 2.32. The standard InChI is InChI=1S/C20H24N8O5S/c21-11(7-34-6-10-4-2-1-3-5-10)18(30)26-12-14(29)20(33-15(12)19(31)27-32)28-9-25-13-16(22)23-8-24-17(13)28/h1-5,8-9,11-12,14-15,20,29,32H,6-7,21H2,(H,26,30)(H,27,31)(H2,22,23,24).